The van der Waals surface area contributed by atoms with Gasteiger partial charge in [-0.15, -0.1) is 0 Å². The fraction of sp³-hybridized carbons (Fsp3) is 0.119. The minimum atomic E-state index is -5.38. The molecule has 60 heavy (non-hydrogen) atoms. The van der Waals surface area contributed by atoms with Gasteiger partial charge in [-0.25, -0.2) is 0 Å². The first-order chi connectivity index (χ1) is 27.9. The van der Waals surface area contributed by atoms with E-state index in [0.29, 0.717) is 65.2 Å². The lowest BCUT2D eigenvalue weighted by Crippen LogP contribution is -2.13. The molecule has 8 aromatic rings. The van der Waals surface area contributed by atoms with Crippen molar-refractivity contribution in [2.24, 2.45) is 0 Å². The maximum atomic E-state index is 15.3. The van der Waals surface area contributed by atoms with Gasteiger partial charge in [-0.05, 0) is 83.9 Å². The average molecular weight is 850 g/mol. The van der Waals surface area contributed by atoms with Crippen molar-refractivity contribution in [3.05, 3.63) is 143 Å². The van der Waals surface area contributed by atoms with Crippen molar-refractivity contribution in [1.82, 2.24) is 9.13 Å². The predicted molar refractivity (Wildman–Crippen MR) is 190 cm³/mol. The minimum Gasteiger partial charge on any atom is -0.307 e. The Hall–Kier alpha value is -6.64. The van der Waals surface area contributed by atoms with Crippen molar-refractivity contribution >= 4 is 43.6 Å². The SMILES string of the molecule is N#Cc1cccc(-c2cc(-n3c4cc(C(F)(F)F)ccc4c4ccc(C(F)(F)F)cc43)c(-n3c4cc(C(F)(F)F)ccc4c4ccc(C(F)(F)F)cc43)cc2C(F)(F)F)c1. The molecule has 0 N–H and O–H groups in total. The number of nitrogens with zero attached hydrogens (tertiary/aromatic N) is 3. The van der Waals surface area contributed by atoms with Crippen LogP contribution in [0.2, 0.25) is 0 Å². The zero-order valence-electron chi connectivity index (χ0n) is 29.4. The fourth-order valence-electron chi connectivity index (χ4n) is 7.43. The molecular formula is C42H18F15N3. The van der Waals surface area contributed by atoms with E-state index in [9.17, 15) is 57.9 Å². The number of fused-ring (bicyclic) bond motifs is 6. The van der Waals surface area contributed by atoms with Gasteiger partial charge < -0.3 is 9.13 Å². The van der Waals surface area contributed by atoms with Gasteiger partial charge in [0.25, 0.3) is 0 Å². The lowest BCUT2D eigenvalue weighted by atomic mass is 9.95. The number of halogens is 15. The van der Waals surface area contributed by atoms with Crippen LogP contribution in [0.3, 0.4) is 0 Å². The molecule has 306 valence electrons. The highest BCUT2D eigenvalue weighted by atomic mass is 19.4. The lowest BCUT2D eigenvalue weighted by Gasteiger charge is -2.23. The minimum absolute atomic E-state index is 0.147. The second-order valence-corrected chi connectivity index (χ2v) is 13.7. The van der Waals surface area contributed by atoms with Gasteiger partial charge >= 0.3 is 30.9 Å². The number of alkyl halides is 15. The summed E-state index contributed by atoms with van der Waals surface area (Å²) in [6.45, 7) is 0. The van der Waals surface area contributed by atoms with Gasteiger partial charge in [-0.1, -0.05) is 36.4 Å². The lowest BCUT2D eigenvalue weighted by molar-refractivity contribution is -0.138. The molecule has 2 aromatic heterocycles. The Morgan fingerprint density at radius 1 is 0.383 bits per heavy atom. The zero-order valence-corrected chi connectivity index (χ0v) is 29.4. The first kappa shape index (κ1) is 40.2. The number of nitriles is 1. The average Bonchev–Trinajstić information content (AvgIpc) is 3.67. The smallest absolute Gasteiger partial charge is 0.307 e. The van der Waals surface area contributed by atoms with Crippen LogP contribution in [0.25, 0.3) is 66.1 Å². The third-order valence-corrected chi connectivity index (χ3v) is 10.0. The predicted octanol–water partition coefficient (Wildman–Crippen LogP) is 14.5. The monoisotopic (exact) mass is 849 g/mol. The van der Waals surface area contributed by atoms with Gasteiger partial charge in [0.05, 0.1) is 72.9 Å². The molecule has 0 aliphatic heterocycles. The van der Waals surface area contributed by atoms with E-state index in [-0.39, 0.29) is 32.7 Å². The van der Waals surface area contributed by atoms with Crippen molar-refractivity contribution in [2.75, 3.05) is 0 Å². The summed E-state index contributed by atoms with van der Waals surface area (Å²) in [5.41, 5.74) is -12.2. The summed E-state index contributed by atoms with van der Waals surface area (Å²) in [5, 5.41) is 8.88. The van der Waals surface area contributed by atoms with Crippen LogP contribution in [0.5, 0.6) is 0 Å². The summed E-state index contributed by atoms with van der Waals surface area (Å²) in [7, 11) is 0. The standard InChI is InChI=1S/C42H18F15N3/c43-38(44,45)22-4-8-26-27-9-5-23(39(46,47)48)14-33(27)59(32(26)13-22)36-17-30(21-3-1-2-20(12-21)19-58)31(42(55,56)57)18-37(36)60-34-15-24(40(49,50)51)6-10-28(34)29-11-7-25(16-35(29)60)41(52,53)54/h1-18H. The summed E-state index contributed by atoms with van der Waals surface area (Å²) in [6, 6.07) is 15.3. The van der Waals surface area contributed by atoms with Crippen LogP contribution in [-0.4, -0.2) is 9.13 Å². The van der Waals surface area contributed by atoms with Gasteiger partial charge in [-0.3, -0.25) is 0 Å². The van der Waals surface area contributed by atoms with Gasteiger partial charge in [0.2, 0.25) is 0 Å². The van der Waals surface area contributed by atoms with Gasteiger partial charge in [0.15, 0.2) is 0 Å². The molecule has 6 aromatic carbocycles. The number of hydrogen-bond acceptors (Lipinski definition) is 1. The van der Waals surface area contributed by atoms with E-state index in [0.717, 1.165) is 41.0 Å². The maximum Gasteiger partial charge on any atom is 0.417 e. The summed E-state index contributed by atoms with van der Waals surface area (Å²) in [6.07, 6.45) is -25.8. The van der Waals surface area contributed by atoms with Crippen LogP contribution in [0, 0.1) is 11.3 Å². The Kier molecular flexibility index (Phi) is 8.82. The Morgan fingerprint density at radius 3 is 1.05 bits per heavy atom. The van der Waals surface area contributed by atoms with Crippen LogP contribution in [0.15, 0.2) is 109 Å². The first-order valence-corrected chi connectivity index (χ1v) is 17.1. The van der Waals surface area contributed by atoms with Crippen molar-refractivity contribution in [1.29, 1.82) is 5.26 Å². The molecule has 3 nitrogen and oxygen atoms in total. The molecule has 18 heteroatoms. The highest BCUT2D eigenvalue weighted by molar-refractivity contribution is 6.12. The molecule has 0 atom stereocenters. The Labute approximate surface area is 325 Å². The molecule has 0 aliphatic carbocycles. The highest BCUT2D eigenvalue weighted by Crippen LogP contribution is 2.47. The van der Waals surface area contributed by atoms with Gasteiger partial charge in [0, 0.05) is 21.5 Å². The maximum absolute atomic E-state index is 15.3. The van der Waals surface area contributed by atoms with E-state index < -0.39 is 97.7 Å². The Morgan fingerprint density at radius 2 is 0.733 bits per heavy atom. The molecule has 0 unspecified atom stereocenters. The van der Waals surface area contributed by atoms with E-state index in [2.05, 4.69) is 0 Å². The van der Waals surface area contributed by atoms with E-state index in [1.165, 1.54) is 12.1 Å². The molecule has 0 aliphatic rings. The summed E-state index contributed by atoms with van der Waals surface area (Å²) in [5.74, 6) is 0. The molecule has 0 saturated heterocycles. The van der Waals surface area contributed by atoms with E-state index >= 15 is 13.2 Å². The first-order valence-electron chi connectivity index (χ1n) is 17.1. The molecule has 0 fully saturated rings. The molecule has 0 spiro atoms. The van der Waals surface area contributed by atoms with Gasteiger partial charge in [-0.2, -0.15) is 71.1 Å². The third kappa shape index (κ3) is 6.71. The van der Waals surface area contributed by atoms with Crippen LogP contribution in [0.1, 0.15) is 33.4 Å². The number of rotatable bonds is 3. The largest absolute Gasteiger partial charge is 0.417 e. The summed E-state index contributed by atoms with van der Waals surface area (Å²) in [4.78, 5) is 0. The number of hydrogen-bond donors (Lipinski definition) is 0. The van der Waals surface area contributed by atoms with E-state index in [4.69, 9.17) is 0 Å². The van der Waals surface area contributed by atoms with Crippen molar-refractivity contribution < 1.29 is 65.9 Å². The number of benzene rings is 6. The number of aromatic nitrogens is 2. The molecule has 0 amide bonds. The van der Waals surface area contributed by atoms with Crippen LogP contribution in [0.4, 0.5) is 65.9 Å². The Bertz CT molecular complexity index is 2950. The topological polar surface area (TPSA) is 33.6 Å². The van der Waals surface area contributed by atoms with Crippen molar-refractivity contribution in [3.63, 3.8) is 0 Å². The molecule has 0 saturated carbocycles. The molecule has 2 heterocycles. The fourth-order valence-corrected chi connectivity index (χ4v) is 7.43. The van der Waals surface area contributed by atoms with Crippen molar-refractivity contribution in [3.8, 4) is 28.6 Å². The highest BCUT2D eigenvalue weighted by Gasteiger charge is 2.39. The molecule has 8 rings (SSSR count). The molecule has 0 radical (unpaired) electrons. The quantitative estimate of drug-likeness (QED) is 0.163. The molecular weight excluding hydrogens is 831 g/mol. The van der Waals surface area contributed by atoms with Crippen LogP contribution in [-0.2, 0) is 30.9 Å². The third-order valence-electron chi connectivity index (χ3n) is 10.0. The van der Waals surface area contributed by atoms with Gasteiger partial charge in [0.1, 0.15) is 0 Å². The summed E-state index contributed by atoms with van der Waals surface area (Å²) >= 11 is 0. The normalized spacial score (nSPS) is 13.2. The van der Waals surface area contributed by atoms with E-state index in [1.54, 1.807) is 6.07 Å². The molecule has 0 bridgehead atoms. The second kappa shape index (κ2) is 13.2. The van der Waals surface area contributed by atoms with Crippen LogP contribution < -0.4 is 0 Å². The van der Waals surface area contributed by atoms with Crippen molar-refractivity contribution in [2.45, 2.75) is 30.9 Å². The van der Waals surface area contributed by atoms with Crippen LogP contribution >= 0.6 is 0 Å². The second-order valence-electron chi connectivity index (χ2n) is 13.7. The van der Waals surface area contributed by atoms with E-state index in [1.807, 2.05) is 0 Å². The zero-order chi connectivity index (χ0) is 43.5. The Balaban J connectivity index is 1.66. The summed E-state index contributed by atoms with van der Waals surface area (Å²) < 4.78 is 219.